The summed E-state index contributed by atoms with van der Waals surface area (Å²) >= 11 is 0. The molecular weight excluding hydrogens is 284 g/mol. The number of hydrogen-bond donors (Lipinski definition) is 1. The third kappa shape index (κ3) is 3.58. The summed E-state index contributed by atoms with van der Waals surface area (Å²) in [5.41, 5.74) is 1.67. The third-order valence-corrected chi connectivity index (χ3v) is 3.32. The van der Waals surface area contributed by atoms with Gasteiger partial charge in [0.05, 0.1) is 12.8 Å². The van der Waals surface area contributed by atoms with E-state index in [2.05, 4.69) is 10.5 Å². The van der Waals surface area contributed by atoms with E-state index < -0.39 is 6.10 Å². The van der Waals surface area contributed by atoms with Crippen molar-refractivity contribution in [1.29, 1.82) is 0 Å². The van der Waals surface area contributed by atoms with Crippen LogP contribution in [-0.2, 0) is 11.2 Å². The summed E-state index contributed by atoms with van der Waals surface area (Å²) in [6.07, 6.45) is 0.0721. The van der Waals surface area contributed by atoms with E-state index in [4.69, 9.17) is 14.0 Å². The minimum Gasteiger partial charge on any atom is -0.497 e. The molecule has 1 atom stereocenters. The lowest BCUT2D eigenvalue weighted by atomic mass is 10.2. The van der Waals surface area contributed by atoms with Crippen molar-refractivity contribution in [2.75, 3.05) is 12.4 Å². The number of carbonyl (C=O) groups is 1. The van der Waals surface area contributed by atoms with Crippen LogP contribution < -0.4 is 14.8 Å². The minimum absolute atomic E-state index is 0.301. The largest absolute Gasteiger partial charge is 0.497 e. The van der Waals surface area contributed by atoms with E-state index >= 15 is 0 Å². The number of aryl methyl sites for hydroxylation is 1. The second-order valence-electron chi connectivity index (χ2n) is 4.87. The van der Waals surface area contributed by atoms with Crippen molar-refractivity contribution in [2.45, 2.75) is 33.3 Å². The van der Waals surface area contributed by atoms with E-state index in [1.165, 1.54) is 0 Å². The summed E-state index contributed by atoms with van der Waals surface area (Å²) in [7, 11) is 1.58. The standard InChI is InChI=1S/C16H20N2O4/c1-5-14-10(2)16(22-18-14)17-15(19)11(3)21-13-8-6-7-12(9-13)20-4/h6-9,11H,5H2,1-4H3,(H,17,19). The van der Waals surface area contributed by atoms with Crippen LogP contribution in [0.25, 0.3) is 0 Å². The molecule has 1 amide bonds. The number of benzene rings is 1. The summed E-state index contributed by atoms with van der Waals surface area (Å²) in [6.45, 7) is 5.50. The molecule has 118 valence electrons. The van der Waals surface area contributed by atoms with Gasteiger partial charge >= 0.3 is 0 Å². The van der Waals surface area contributed by atoms with Gasteiger partial charge in [-0.15, -0.1) is 0 Å². The number of rotatable bonds is 6. The molecule has 0 saturated heterocycles. The van der Waals surface area contributed by atoms with Gasteiger partial charge in [0.1, 0.15) is 11.5 Å². The Morgan fingerprint density at radius 1 is 1.41 bits per heavy atom. The first-order valence-corrected chi connectivity index (χ1v) is 7.11. The van der Waals surface area contributed by atoms with E-state index in [0.717, 1.165) is 17.7 Å². The Morgan fingerprint density at radius 2 is 2.14 bits per heavy atom. The normalized spacial score (nSPS) is 11.8. The molecule has 1 unspecified atom stereocenters. The van der Waals surface area contributed by atoms with Gasteiger partial charge in [0.15, 0.2) is 6.10 Å². The first-order valence-electron chi connectivity index (χ1n) is 7.11. The molecule has 6 heteroatoms. The Bertz CT molecular complexity index is 651. The molecule has 0 aliphatic carbocycles. The van der Waals surface area contributed by atoms with Crippen LogP contribution in [0.3, 0.4) is 0 Å². The molecule has 2 aromatic rings. The molecule has 0 saturated carbocycles. The molecule has 0 bridgehead atoms. The summed E-state index contributed by atoms with van der Waals surface area (Å²) in [5.74, 6) is 1.29. The highest BCUT2D eigenvalue weighted by Crippen LogP contribution is 2.22. The fourth-order valence-electron chi connectivity index (χ4n) is 1.96. The Labute approximate surface area is 129 Å². The van der Waals surface area contributed by atoms with Gasteiger partial charge in [-0.05, 0) is 32.4 Å². The number of amides is 1. The first kappa shape index (κ1) is 15.9. The van der Waals surface area contributed by atoms with Gasteiger partial charge in [0.2, 0.25) is 5.88 Å². The maximum atomic E-state index is 12.2. The van der Waals surface area contributed by atoms with Crippen LogP contribution >= 0.6 is 0 Å². The predicted molar refractivity (Wildman–Crippen MR) is 82.3 cm³/mol. The van der Waals surface area contributed by atoms with Crippen LogP contribution in [0.4, 0.5) is 5.88 Å². The lowest BCUT2D eigenvalue weighted by Gasteiger charge is -2.14. The van der Waals surface area contributed by atoms with Crippen LogP contribution in [0, 0.1) is 6.92 Å². The quantitative estimate of drug-likeness (QED) is 0.888. The van der Waals surface area contributed by atoms with Crippen molar-refractivity contribution in [3.63, 3.8) is 0 Å². The Kier molecular flexibility index (Phi) is 5.04. The zero-order valence-corrected chi connectivity index (χ0v) is 13.2. The van der Waals surface area contributed by atoms with Crippen LogP contribution in [0.2, 0.25) is 0 Å². The monoisotopic (exact) mass is 304 g/mol. The summed E-state index contributed by atoms with van der Waals surface area (Å²) in [6, 6.07) is 7.09. The van der Waals surface area contributed by atoms with E-state index in [1.54, 1.807) is 32.2 Å². The zero-order chi connectivity index (χ0) is 16.1. The number of ether oxygens (including phenoxy) is 2. The van der Waals surface area contributed by atoms with Gasteiger partial charge in [-0.2, -0.15) is 0 Å². The molecule has 22 heavy (non-hydrogen) atoms. The van der Waals surface area contributed by atoms with Crippen LogP contribution in [0.15, 0.2) is 28.8 Å². The van der Waals surface area contributed by atoms with Crippen molar-refractivity contribution < 1.29 is 18.8 Å². The van der Waals surface area contributed by atoms with E-state index in [9.17, 15) is 4.79 Å². The van der Waals surface area contributed by atoms with Crippen molar-refractivity contribution in [3.05, 3.63) is 35.5 Å². The van der Waals surface area contributed by atoms with Gasteiger partial charge in [-0.1, -0.05) is 18.1 Å². The smallest absolute Gasteiger partial charge is 0.267 e. The molecule has 0 aliphatic rings. The molecule has 2 rings (SSSR count). The molecule has 1 aromatic carbocycles. The van der Waals surface area contributed by atoms with Gasteiger partial charge in [0, 0.05) is 11.6 Å². The lowest BCUT2D eigenvalue weighted by Crippen LogP contribution is -2.30. The fourth-order valence-corrected chi connectivity index (χ4v) is 1.96. The second kappa shape index (κ2) is 6.98. The molecule has 1 heterocycles. The van der Waals surface area contributed by atoms with Gasteiger partial charge in [0.25, 0.3) is 5.91 Å². The summed E-state index contributed by atoms with van der Waals surface area (Å²) in [5, 5.41) is 6.60. The topological polar surface area (TPSA) is 73.6 Å². The van der Waals surface area contributed by atoms with Gasteiger partial charge in [-0.3, -0.25) is 10.1 Å². The number of nitrogens with zero attached hydrogens (tertiary/aromatic N) is 1. The summed E-state index contributed by atoms with van der Waals surface area (Å²) in [4.78, 5) is 12.2. The van der Waals surface area contributed by atoms with Crippen molar-refractivity contribution >= 4 is 11.8 Å². The number of aromatic nitrogens is 1. The molecule has 6 nitrogen and oxygen atoms in total. The van der Waals surface area contributed by atoms with Crippen molar-refractivity contribution in [3.8, 4) is 11.5 Å². The predicted octanol–water partition coefficient (Wildman–Crippen LogP) is 2.96. The van der Waals surface area contributed by atoms with Gasteiger partial charge < -0.3 is 14.0 Å². The Hall–Kier alpha value is -2.50. The first-order chi connectivity index (χ1) is 10.5. The molecule has 0 radical (unpaired) electrons. The number of nitrogens with one attached hydrogen (secondary N) is 1. The number of hydrogen-bond acceptors (Lipinski definition) is 5. The maximum Gasteiger partial charge on any atom is 0.267 e. The highest BCUT2D eigenvalue weighted by atomic mass is 16.5. The highest BCUT2D eigenvalue weighted by molar-refractivity contribution is 5.93. The van der Waals surface area contributed by atoms with Crippen LogP contribution in [0.5, 0.6) is 11.5 Å². The average Bonchev–Trinajstić information content (AvgIpc) is 2.87. The molecule has 0 spiro atoms. The maximum absolute atomic E-state index is 12.2. The molecular formula is C16H20N2O4. The van der Waals surface area contributed by atoms with E-state index in [0.29, 0.717) is 17.4 Å². The van der Waals surface area contributed by atoms with Crippen molar-refractivity contribution in [2.24, 2.45) is 0 Å². The number of methoxy groups -OCH3 is 1. The molecule has 1 N–H and O–H groups in total. The van der Waals surface area contributed by atoms with Crippen molar-refractivity contribution in [1.82, 2.24) is 5.16 Å². The second-order valence-corrected chi connectivity index (χ2v) is 4.87. The zero-order valence-electron chi connectivity index (χ0n) is 13.2. The lowest BCUT2D eigenvalue weighted by molar-refractivity contribution is -0.122. The number of anilines is 1. The molecule has 0 fully saturated rings. The van der Waals surface area contributed by atoms with E-state index in [1.807, 2.05) is 19.9 Å². The summed E-state index contributed by atoms with van der Waals surface area (Å²) < 4.78 is 15.9. The average molecular weight is 304 g/mol. The van der Waals surface area contributed by atoms with E-state index in [-0.39, 0.29) is 5.91 Å². The van der Waals surface area contributed by atoms with Gasteiger partial charge in [-0.25, -0.2) is 0 Å². The minimum atomic E-state index is -0.679. The SMILES string of the molecule is CCc1noc(NC(=O)C(C)Oc2cccc(OC)c2)c1C. The fraction of sp³-hybridized carbons (Fsp3) is 0.375. The Balaban J connectivity index is 2.01. The van der Waals surface area contributed by atoms with Crippen LogP contribution in [-0.4, -0.2) is 24.3 Å². The third-order valence-electron chi connectivity index (χ3n) is 3.32. The number of carbonyl (C=O) groups excluding carboxylic acids is 1. The molecule has 0 aliphatic heterocycles. The molecule has 1 aromatic heterocycles. The Morgan fingerprint density at radius 3 is 2.77 bits per heavy atom. The highest BCUT2D eigenvalue weighted by Gasteiger charge is 2.19. The van der Waals surface area contributed by atoms with Crippen LogP contribution in [0.1, 0.15) is 25.1 Å².